The molecule has 76 valence electrons. The van der Waals surface area contributed by atoms with Gasteiger partial charge in [0.2, 0.25) is 5.95 Å². The number of carbonyl (C=O) groups is 1. The van der Waals surface area contributed by atoms with Crippen molar-refractivity contribution < 1.29 is 9.53 Å². The van der Waals surface area contributed by atoms with Gasteiger partial charge in [-0.15, -0.1) is 0 Å². The van der Waals surface area contributed by atoms with E-state index in [0.717, 1.165) is 11.4 Å². The molecule has 0 aliphatic rings. The molecule has 14 heavy (non-hydrogen) atoms. The van der Waals surface area contributed by atoms with Crippen LogP contribution in [0, 0.1) is 13.8 Å². The van der Waals surface area contributed by atoms with Crippen LogP contribution >= 0.6 is 0 Å². The van der Waals surface area contributed by atoms with Gasteiger partial charge in [-0.3, -0.25) is 10.1 Å². The second kappa shape index (κ2) is 4.66. The molecule has 1 aromatic rings. The minimum atomic E-state index is -0.252. The van der Waals surface area contributed by atoms with Gasteiger partial charge >= 0.3 is 0 Å². The number of nitrogens with one attached hydrogen (secondary N) is 1. The molecule has 0 saturated heterocycles. The first-order chi connectivity index (χ1) is 6.61. The summed E-state index contributed by atoms with van der Waals surface area (Å²) in [7, 11) is 1.46. The van der Waals surface area contributed by atoms with Gasteiger partial charge < -0.3 is 4.74 Å². The minimum Gasteiger partial charge on any atom is -0.375 e. The highest BCUT2D eigenvalue weighted by atomic mass is 16.5. The summed E-state index contributed by atoms with van der Waals surface area (Å²) in [6.07, 6.45) is 0. The Labute approximate surface area is 82.5 Å². The van der Waals surface area contributed by atoms with Crippen molar-refractivity contribution >= 4 is 11.9 Å². The lowest BCUT2D eigenvalue weighted by Gasteiger charge is -2.04. The first kappa shape index (κ1) is 10.6. The van der Waals surface area contributed by atoms with Crippen LogP contribution in [0.25, 0.3) is 0 Å². The van der Waals surface area contributed by atoms with Crippen LogP contribution in [0.4, 0.5) is 5.95 Å². The predicted octanol–water partition coefficient (Wildman–Crippen LogP) is 0.678. The maximum Gasteiger partial charge on any atom is 0.252 e. The number of anilines is 1. The van der Waals surface area contributed by atoms with Crippen molar-refractivity contribution in [3.8, 4) is 0 Å². The first-order valence-corrected chi connectivity index (χ1v) is 4.23. The summed E-state index contributed by atoms with van der Waals surface area (Å²) in [5.41, 5.74) is 1.65. The van der Waals surface area contributed by atoms with Crippen LogP contribution in [-0.2, 0) is 9.53 Å². The summed E-state index contributed by atoms with van der Waals surface area (Å²) in [5.74, 6) is 0.0713. The zero-order valence-corrected chi connectivity index (χ0v) is 8.50. The third-order valence-corrected chi connectivity index (χ3v) is 1.51. The third kappa shape index (κ3) is 3.10. The Morgan fingerprint density at radius 1 is 1.43 bits per heavy atom. The number of methoxy groups -OCH3 is 1. The summed E-state index contributed by atoms with van der Waals surface area (Å²) >= 11 is 0. The molecule has 0 aromatic carbocycles. The zero-order chi connectivity index (χ0) is 10.6. The van der Waals surface area contributed by atoms with E-state index in [2.05, 4.69) is 20.0 Å². The Balaban J connectivity index is 2.71. The Kier molecular flexibility index (Phi) is 3.53. The number of rotatable bonds is 3. The van der Waals surface area contributed by atoms with E-state index in [1.807, 2.05) is 19.9 Å². The fourth-order valence-electron chi connectivity index (χ4n) is 1.07. The first-order valence-electron chi connectivity index (χ1n) is 4.23. The van der Waals surface area contributed by atoms with E-state index in [-0.39, 0.29) is 12.5 Å². The molecule has 0 aliphatic heterocycles. The molecule has 0 saturated carbocycles. The number of ether oxygens (including phenoxy) is 1. The lowest BCUT2D eigenvalue weighted by atomic mass is 10.4. The molecule has 1 heterocycles. The van der Waals surface area contributed by atoms with E-state index >= 15 is 0 Å². The maximum absolute atomic E-state index is 11.1. The van der Waals surface area contributed by atoms with Gasteiger partial charge in [0.25, 0.3) is 5.91 Å². The fourth-order valence-corrected chi connectivity index (χ4v) is 1.07. The molecule has 1 rings (SSSR count). The van der Waals surface area contributed by atoms with E-state index in [9.17, 15) is 4.79 Å². The molecular weight excluding hydrogens is 182 g/mol. The lowest BCUT2D eigenvalue weighted by molar-refractivity contribution is -0.119. The normalized spacial score (nSPS) is 9.93. The molecule has 1 amide bonds. The van der Waals surface area contributed by atoms with Gasteiger partial charge in [0.15, 0.2) is 0 Å². The largest absolute Gasteiger partial charge is 0.375 e. The third-order valence-electron chi connectivity index (χ3n) is 1.51. The van der Waals surface area contributed by atoms with Crippen LogP contribution in [0.2, 0.25) is 0 Å². The second-order valence-electron chi connectivity index (χ2n) is 2.96. The summed E-state index contributed by atoms with van der Waals surface area (Å²) in [5, 5.41) is 2.54. The van der Waals surface area contributed by atoms with Crippen LogP contribution in [0.3, 0.4) is 0 Å². The lowest BCUT2D eigenvalue weighted by Crippen LogP contribution is -2.19. The number of amides is 1. The Hall–Kier alpha value is -1.49. The van der Waals surface area contributed by atoms with Gasteiger partial charge in [-0.25, -0.2) is 9.97 Å². The van der Waals surface area contributed by atoms with Crippen molar-refractivity contribution in [3.05, 3.63) is 17.5 Å². The molecular formula is C9H13N3O2. The highest BCUT2D eigenvalue weighted by Gasteiger charge is 2.04. The summed E-state index contributed by atoms with van der Waals surface area (Å²) < 4.78 is 4.67. The molecule has 5 heteroatoms. The van der Waals surface area contributed by atoms with Gasteiger partial charge in [-0.2, -0.15) is 0 Å². The molecule has 1 aromatic heterocycles. The van der Waals surface area contributed by atoms with Crippen molar-refractivity contribution in [3.63, 3.8) is 0 Å². The van der Waals surface area contributed by atoms with Crippen molar-refractivity contribution in [2.45, 2.75) is 13.8 Å². The minimum absolute atomic E-state index is 0.0103. The molecule has 5 nitrogen and oxygen atoms in total. The molecule has 0 atom stereocenters. The van der Waals surface area contributed by atoms with Crippen molar-refractivity contribution in [2.75, 3.05) is 19.0 Å². The van der Waals surface area contributed by atoms with Crippen molar-refractivity contribution in [2.24, 2.45) is 0 Å². The number of aromatic nitrogens is 2. The Morgan fingerprint density at radius 2 is 2.00 bits per heavy atom. The van der Waals surface area contributed by atoms with E-state index in [0.29, 0.717) is 5.95 Å². The smallest absolute Gasteiger partial charge is 0.252 e. The van der Waals surface area contributed by atoms with Crippen LogP contribution in [0.5, 0.6) is 0 Å². The molecule has 0 radical (unpaired) electrons. The highest BCUT2D eigenvalue weighted by molar-refractivity contribution is 5.89. The number of aryl methyl sites for hydroxylation is 2. The van der Waals surface area contributed by atoms with Gasteiger partial charge in [-0.1, -0.05) is 0 Å². The standard InChI is InChI=1S/C9H13N3O2/c1-6-4-7(2)11-9(10-6)12-8(13)5-14-3/h4H,5H2,1-3H3,(H,10,11,12,13). The molecule has 0 unspecified atom stereocenters. The van der Waals surface area contributed by atoms with Gasteiger partial charge in [-0.05, 0) is 19.9 Å². The number of hydrogen-bond acceptors (Lipinski definition) is 4. The monoisotopic (exact) mass is 195 g/mol. The van der Waals surface area contributed by atoms with Crippen molar-refractivity contribution in [1.82, 2.24) is 9.97 Å². The Bertz CT molecular complexity index is 319. The van der Waals surface area contributed by atoms with Gasteiger partial charge in [0, 0.05) is 18.5 Å². The Morgan fingerprint density at radius 3 is 2.50 bits per heavy atom. The number of hydrogen-bond donors (Lipinski definition) is 1. The number of carbonyl (C=O) groups excluding carboxylic acids is 1. The molecule has 0 aliphatic carbocycles. The SMILES string of the molecule is COCC(=O)Nc1nc(C)cc(C)n1. The second-order valence-corrected chi connectivity index (χ2v) is 2.96. The van der Waals surface area contributed by atoms with Crippen LogP contribution in [0.15, 0.2) is 6.07 Å². The average Bonchev–Trinajstić information content (AvgIpc) is 2.01. The van der Waals surface area contributed by atoms with E-state index in [1.165, 1.54) is 7.11 Å². The highest BCUT2D eigenvalue weighted by Crippen LogP contribution is 2.03. The molecule has 0 fully saturated rings. The average molecular weight is 195 g/mol. The maximum atomic E-state index is 11.1. The van der Waals surface area contributed by atoms with Crippen LogP contribution < -0.4 is 5.32 Å². The summed E-state index contributed by atoms with van der Waals surface area (Å²) in [4.78, 5) is 19.2. The molecule has 0 bridgehead atoms. The predicted molar refractivity (Wildman–Crippen MR) is 52.0 cm³/mol. The quantitative estimate of drug-likeness (QED) is 0.770. The topological polar surface area (TPSA) is 64.1 Å². The molecule has 0 spiro atoms. The fraction of sp³-hybridized carbons (Fsp3) is 0.444. The zero-order valence-electron chi connectivity index (χ0n) is 8.50. The van der Waals surface area contributed by atoms with E-state index in [1.54, 1.807) is 0 Å². The molecule has 1 N–H and O–H groups in total. The van der Waals surface area contributed by atoms with Crippen LogP contribution in [-0.4, -0.2) is 29.6 Å². The van der Waals surface area contributed by atoms with Crippen molar-refractivity contribution in [1.29, 1.82) is 0 Å². The van der Waals surface area contributed by atoms with Gasteiger partial charge in [0.1, 0.15) is 6.61 Å². The summed E-state index contributed by atoms with van der Waals surface area (Å²) in [6, 6.07) is 1.84. The summed E-state index contributed by atoms with van der Waals surface area (Å²) in [6.45, 7) is 3.71. The van der Waals surface area contributed by atoms with Gasteiger partial charge in [0.05, 0.1) is 0 Å². The number of nitrogens with zero attached hydrogens (tertiary/aromatic N) is 2. The van der Waals surface area contributed by atoms with Crippen LogP contribution in [0.1, 0.15) is 11.4 Å². The van der Waals surface area contributed by atoms with E-state index in [4.69, 9.17) is 0 Å². The van der Waals surface area contributed by atoms with E-state index < -0.39 is 0 Å².